The molecule has 2 aromatic carbocycles. The van der Waals surface area contributed by atoms with Crippen LogP contribution in [0.25, 0.3) is 11.1 Å². The number of benzene rings is 2. The highest BCUT2D eigenvalue weighted by Gasteiger charge is 2.09. The van der Waals surface area contributed by atoms with Crippen LogP contribution >= 0.6 is 23.2 Å². The molecular formula is C15H12Cl2O. The normalized spacial score (nSPS) is 10.4. The summed E-state index contributed by atoms with van der Waals surface area (Å²) in [6.07, 6.45) is 0. The monoisotopic (exact) mass is 278 g/mol. The third-order valence-corrected chi connectivity index (χ3v) is 3.41. The molecule has 0 bridgehead atoms. The number of hydrogen-bond donors (Lipinski definition) is 0. The van der Waals surface area contributed by atoms with E-state index in [0.717, 1.165) is 22.3 Å². The Kier molecular flexibility index (Phi) is 3.74. The maximum absolute atomic E-state index is 11.5. The Morgan fingerprint density at radius 1 is 1.06 bits per heavy atom. The van der Waals surface area contributed by atoms with Gasteiger partial charge in [0.25, 0.3) is 0 Å². The molecule has 1 nitrogen and oxygen atoms in total. The van der Waals surface area contributed by atoms with Gasteiger partial charge in [0.1, 0.15) is 0 Å². The van der Waals surface area contributed by atoms with Gasteiger partial charge in [-0.1, -0.05) is 41.4 Å². The average molecular weight is 279 g/mol. The van der Waals surface area contributed by atoms with Crippen LogP contribution in [0.4, 0.5) is 0 Å². The van der Waals surface area contributed by atoms with E-state index >= 15 is 0 Å². The molecule has 0 aliphatic carbocycles. The molecule has 3 heteroatoms. The molecule has 2 rings (SSSR count). The molecule has 92 valence electrons. The molecule has 0 saturated heterocycles. The van der Waals surface area contributed by atoms with Gasteiger partial charge in [-0.3, -0.25) is 4.79 Å². The average Bonchev–Trinajstić information content (AvgIpc) is 2.30. The molecule has 0 aromatic heterocycles. The Hall–Kier alpha value is -1.31. The largest absolute Gasteiger partial charge is 0.295 e. The Labute approximate surface area is 116 Å². The van der Waals surface area contributed by atoms with Crippen LogP contribution in [0.2, 0.25) is 10.0 Å². The highest BCUT2D eigenvalue weighted by molar-refractivity contribution is 6.36. The second kappa shape index (κ2) is 5.13. The second-order valence-corrected chi connectivity index (χ2v) is 5.05. The SMILES string of the molecule is CC(=O)c1cc(-c2ccc(Cl)cc2Cl)ccc1C. The van der Waals surface area contributed by atoms with Gasteiger partial charge in [-0.05, 0) is 43.2 Å². The predicted octanol–water partition coefficient (Wildman–Crippen LogP) is 5.17. The molecule has 0 N–H and O–H groups in total. The van der Waals surface area contributed by atoms with Gasteiger partial charge in [0.2, 0.25) is 0 Å². The van der Waals surface area contributed by atoms with Crippen molar-refractivity contribution in [3.05, 3.63) is 57.6 Å². The van der Waals surface area contributed by atoms with Crippen LogP contribution in [-0.2, 0) is 0 Å². The number of Topliss-reactive ketones (excluding diaryl/α,β-unsaturated/α-hetero) is 1. The van der Waals surface area contributed by atoms with Gasteiger partial charge in [0.05, 0.1) is 0 Å². The molecule has 0 aliphatic rings. The standard InChI is InChI=1S/C15H12Cl2O/c1-9-3-4-11(7-14(9)10(2)18)13-6-5-12(16)8-15(13)17/h3-8H,1-2H3. The Morgan fingerprint density at radius 2 is 1.78 bits per heavy atom. The fourth-order valence-corrected chi connectivity index (χ4v) is 2.41. The van der Waals surface area contributed by atoms with Crippen molar-refractivity contribution >= 4 is 29.0 Å². The first-order valence-electron chi connectivity index (χ1n) is 5.56. The number of carbonyl (C=O) groups excluding carboxylic acids is 1. The van der Waals surface area contributed by atoms with Crippen LogP contribution < -0.4 is 0 Å². The summed E-state index contributed by atoms with van der Waals surface area (Å²) >= 11 is 12.0. The lowest BCUT2D eigenvalue weighted by Crippen LogP contribution is -1.96. The molecule has 0 heterocycles. The molecule has 0 amide bonds. The van der Waals surface area contributed by atoms with Crippen LogP contribution in [0.15, 0.2) is 36.4 Å². The van der Waals surface area contributed by atoms with Crippen molar-refractivity contribution < 1.29 is 4.79 Å². The van der Waals surface area contributed by atoms with Crippen LogP contribution in [0, 0.1) is 6.92 Å². The lowest BCUT2D eigenvalue weighted by Gasteiger charge is -2.08. The summed E-state index contributed by atoms with van der Waals surface area (Å²) in [5, 5.41) is 1.18. The Morgan fingerprint density at radius 3 is 2.39 bits per heavy atom. The van der Waals surface area contributed by atoms with Crippen molar-refractivity contribution in [2.45, 2.75) is 13.8 Å². The zero-order valence-corrected chi connectivity index (χ0v) is 11.6. The van der Waals surface area contributed by atoms with Crippen LogP contribution in [0.5, 0.6) is 0 Å². The Bertz CT molecular complexity index is 618. The third kappa shape index (κ3) is 2.58. The molecule has 0 unspecified atom stereocenters. The maximum atomic E-state index is 11.5. The van der Waals surface area contributed by atoms with E-state index in [1.165, 1.54) is 0 Å². The molecule has 2 aromatic rings. The molecule has 18 heavy (non-hydrogen) atoms. The first kappa shape index (κ1) is 13.1. The summed E-state index contributed by atoms with van der Waals surface area (Å²) < 4.78 is 0. The predicted molar refractivity (Wildman–Crippen MR) is 76.6 cm³/mol. The first-order valence-corrected chi connectivity index (χ1v) is 6.31. The van der Waals surface area contributed by atoms with Gasteiger partial charge < -0.3 is 0 Å². The van der Waals surface area contributed by atoms with Crippen LogP contribution in [-0.4, -0.2) is 5.78 Å². The van der Waals surface area contributed by atoms with E-state index in [9.17, 15) is 4.79 Å². The van der Waals surface area contributed by atoms with E-state index < -0.39 is 0 Å². The second-order valence-electron chi connectivity index (χ2n) is 4.21. The Balaban J connectivity index is 2.58. The van der Waals surface area contributed by atoms with Gasteiger partial charge >= 0.3 is 0 Å². The fourth-order valence-electron chi connectivity index (χ4n) is 1.89. The van der Waals surface area contributed by atoms with Crippen LogP contribution in [0.1, 0.15) is 22.8 Å². The quantitative estimate of drug-likeness (QED) is 0.693. The van der Waals surface area contributed by atoms with Crippen molar-refractivity contribution in [2.24, 2.45) is 0 Å². The number of halogens is 2. The van der Waals surface area contributed by atoms with E-state index in [1.54, 1.807) is 19.1 Å². The van der Waals surface area contributed by atoms with Crippen LogP contribution in [0.3, 0.4) is 0 Å². The summed E-state index contributed by atoms with van der Waals surface area (Å²) in [7, 11) is 0. The van der Waals surface area contributed by atoms with E-state index in [0.29, 0.717) is 10.0 Å². The van der Waals surface area contributed by atoms with E-state index in [-0.39, 0.29) is 5.78 Å². The molecule has 0 saturated carbocycles. The summed E-state index contributed by atoms with van der Waals surface area (Å²) in [4.78, 5) is 11.5. The van der Waals surface area contributed by atoms with Crippen molar-refractivity contribution in [1.82, 2.24) is 0 Å². The lowest BCUT2D eigenvalue weighted by atomic mass is 9.98. The lowest BCUT2D eigenvalue weighted by molar-refractivity contribution is 0.101. The minimum absolute atomic E-state index is 0.0550. The number of rotatable bonds is 2. The molecule has 0 radical (unpaired) electrons. The number of carbonyl (C=O) groups is 1. The molecular weight excluding hydrogens is 267 g/mol. The maximum Gasteiger partial charge on any atom is 0.160 e. The minimum atomic E-state index is 0.0550. The molecule has 0 spiro atoms. The van der Waals surface area contributed by atoms with Gasteiger partial charge in [0.15, 0.2) is 5.78 Å². The molecule has 0 fully saturated rings. The smallest absolute Gasteiger partial charge is 0.160 e. The van der Waals surface area contributed by atoms with Gasteiger partial charge in [-0.25, -0.2) is 0 Å². The van der Waals surface area contributed by atoms with Crippen molar-refractivity contribution in [3.8, 4) is 11.1 Å². The number of hydrogen-bond acceptors (Lipinski definition) is 1. The van der Waals surface area contributed by atoms with E-state index in [4.69, 9.17) is 23.2 Å². The summed E-state index contributed by atoms with van der Waals surface area (Å²) in [6.45, 7) is 3.49. The first-order chi connectivity index (χ1) is 8.49. The molecule has 0 aliphatic heterocycles. The highest BCUT2D eigenvalue weighted by Crippen LogP contribution is 2.31. The number of aryl methyl sites for hydroxylation is 1. The fraction of sp³-hybridized carbons (Fsp3) is 0.133. The number of ketones is 1. The van der Waals surface area contributed by atoms with Gasteiger partial charge in [-0.15, -0.1) is 0 Å². The summed E-state index contributed by atoms with van der Waals surface area (Å²) in [5.41, 5.74) is 3.49. The highest BCUT2D eigenvalue weighted by atomic mass is 35.5. The zero-order valence-electron chi connectivity index (χ0n) is 10.1. The minimum Gasteiger partial charge on any atom is -0.295 e. The van der Waals surface area contributed by atoms with Gasteiger partial charge in [0, 0.05) is 21.2 Å². The topological polar surface area (TPSA) is 17.1 Å². The third-order valence-electron chi connectivity index (χ3n) is 2.86. The van der Waals surface area contributed by atoms with E-state index in [1.807, 2.05) is 31.2 Å². The van der Waals surface area contributed by atoms with Crippen molar-refractivity contribution in [3.63, 3.8) is 0 Å². The van der Waals surface area contributed by atoms with Gasteiger partial charge in [-0.2, -0.15) is 0 Å². The van der Waals surface area contributed by atoms with E-state index in [2.05, 4.69) is 0 Å². The zero-order chi connectivity index (χ0) is 13.3. The molecule has 0 atom stereocenters. The van der Waals surface area contributed by atoms with Crippen molar-refractivity contribution in [2.75, 3.05) is 0 Å². The summed E-state index contributed by atoms with van der Waals surface area (Å²) in [6, 6.07) is 11.1. The summed E-state index contributed by atoms with van der Waals surface area (Å²) in [5.74, 6) is 0.0550. The van der Waals surface area contributed by atoms with Crippen molar-refractivity contribution in [1.29, 1.82) is 0 Å².